The maximum Gasteiger partial charge on any atom is 0.315 e. The van der Waals surface area contributed by atoms with Gasteiger partial charge in [-0.1, -0.05) is 18.2 Å². The normalized spacial score (nSPS) is 19.1. The number of hydrogen-bond acceptors (Lipinski definition) is 4. The molecule has 1 aliphatic carbocycles. The van der Waals surface area contributed by atoms with E-state index in [1.165, 1.54) is 12.8 Å². The van der Waals surface area contributed by atoms with Gasteiger partial charge in [-0.15, -0.1) is 0 Å². The van der Waals surface area contributed by atoms with Crippen molar-refractivity contribution in [3.63, 3.8) is 0 Å². The number of benzene rings is 2. The van der Waals surface area contributed by atoms with Gasteiger partial charge in [-0.25, -0.2) is 4.79 Å². The summed E-state index contributed by atoms with van der Waals surface area (Å²) in [5.41, 5.74) is 3.14. The lowest BCUT2D eigenvalue weighted by molar-refractivity contribution is -0.0585. The highest BCUT2D eigenvalue weighted by atomic mass is 16.5. The van der Waals surface area contributed by atoms with Crippen molar-refractivity contribution in [1.29, 1.82) is 0 Å². The minimum absolute atomic E-state index is 0.121. The molecule has 7 nitrogen and oxygen atoms in total. The van der Waals surface area contributed by atoms with Crippen molar-refractivity contribution < 1.29 is 14.3 Å². The van der Waals surface area contributed by atoms with Gasteiger partial charge in [-0.3, -0.25) is 4.79 Å². The molecule has 2 aromatic rings. The minimum Gasteiger partial charge on any atom is -0.497 e. The van der Waals surface area contributed by atoms with E-state index in [9.17, 15) is 9.59 Å². The van der Waals surface area contributed by atoms with E-state index in [0.29, 0.717) is 6.54 Å². The van der Waals surface area contributed by atoms with Gasteiger partial charge >= 0.3 is 6.03 Å². The average molecular weight is 449 g/mol. The predicted molar refractivity (Wildman–Crippen MR) is 128 cm³/mol. The van der Waals surface area contributed by atoms with E-state index in [1.807, 2.05) is 47.4 Å². The maximum absolute atomic E-state index is 13.0. The summed E-state index contributed by atoms with van der Waals surface area (Å²) in [7, 11) is 1.64. The molecule has 2 aromatic carbocycles. The standard InChI is InChI=1S/C26H32N4O3/c1-33-23-9-7-19(8-10-23)16-27-25(32)28-21-14-26(15-21)17-30(18-26)24(31)20-5-4-6-22(13-20)29-11-2-3-12-29/h4-10,13,21H,2-3,11-12,14-18H2,1H3,(H2,27,28,32). The Morgan fingerprint density at radius 3 is 2.48 bits per heavy atom. The molecule has 2 heterocycles. The predicted octanol–water partition coefficient (Wildman–Crippen LogP) is 3.40. The Hall–Kier alpha value is -3.22. The van der Waals surface area contributed by atoms with Crippen LogP contribution in [0.3, 0.4) is 0 Å². The lowest BCUT2D eigenvalue weighted by Crippen LogP contribution is -2.67. The molecule has 1 saturated carbocycles. The highest BCUT2D eigenvalue weighted by molar-refractivity contribution is 5.95. The van der Waals surface area contributed by atoms with Gasteiger partial charge in [0.25, 0.3) is 5.91 Å². The Bertz CT molecular complexity index is 1000. The van der Waals surface area contributed by atoms with Gasteiger partial charge in [0, 0.05) is 55.4 Å². The fraction of sp³-hybridized carbons (Fsp3) is 0.462. The average Bonchev–Trinajstić information content (AvgIpc) is 3.33. The molecule has 1 spiro atoms. The molecule has 3 aliphatic rings. The third kappa shape index (κ3) is 4.63. The number of hydrogen-bond donors (Lipinski definition) is 2. The Morgan fingerprint density at radius 1 is 1.06 bits per heavy atom. The van der Waals surface area contributed by atoms with Crippen molar-refractivity contribution in [1.82, 2.24) is 15.5 Å². The smallest absolute Gasteiger partial charge is 0.315 e. The topological polar surface area (TPSA) is 73.9 Å². The fourth-order valence-corrected chi connectivity index (χ4v) is 5.41. The van der Waals surface area contributed by atoms with Crippen LogP contribution in [0.25, 0.3) is 0 Å². The van der Waals surface area contributed by atoms with Crippen molar-refractivity contribution in [3.8, 4) is 5.75 Å². The van der Waals surface area contributed by atoms with Gasteiger partial charge < -0.3 is 25.2 Å². The molecule has 0 unspecified atom stereocenters. The van der Waals surface area contributed by atoms with Crippen LogP contribution in [-0.4, -0.2) is 56.2 Å². The number of carbonyl (C=O) groups is 2. The lowest BCUT2D eigenvalue weighted by atomic mass is 9.60. The summed E-state index contributed by atoms with van der Waals surface area (Å²) in [5.74, 6) is 0.922. The number of nitrogens with zero attached hydrogens (tertiary/aromatic N) is 2. The molecule has 7 heteroatoms. The summed E-state index contributed by atoms with van der Waals surface area (Å²) in [4.78, 5) is 29.5. The van der Waals surface area contributed by atoms with E-state index < -0.39 is 0 Å². The number of ether oxygens (including phenoxy) is 1. The molecule has 33 heavy (non-hydrogen) atoms. The van der Waals surface area contributed by atoms with E-state index in [4.69, 9.17) is 4.74 Å². The van der Waals surface area contributed by atoms with Gasteiger partial charge in [-0.2, -0.15) is 0 Å². The number of rotatable bonds is 6. The third-order valence-corrected chi connectivity index (χ3v) is 7.21. The molecule has 5 rings (SSSR count). The number of likely N-dealkylation sites (tertiary alicyclic amines) is 1. The summed E-state index contributed by atoms with van der Waals surface area (Å²) >= 11 is 0. The van der Waals surface area contributed by atoms with Gasteiger partial charge in [0.15, 0.2) is 0 Å². The number of nitrogens with one attached hydrogen (secondary N) is 2. The second-order valence-electron chi connectivity index (χ2n) is 9.69. The molecule has 0 bridgehead atoms. The van der Waals surface area contributed by atoms with Gasteiger partial charge in [0.2, 0.25) is 0 Å². The minimum atomic E-state index is -0.142. The number of carbonyl (C=O) groups excluding carboxylic acids is 2. The monoisotopic (exact) mass is 448 g/mol. The zero-order valence-electron chi connectivity index (χ0n) is 19.2. The van der Waals surface area contributed by atoms with Crippen molar-refractivity contribution in [2.24, 2.45) is 5.41 Å². The number of anilines is 1. The first kappa shape index (κ1) is 21.6. The van der Waals surface area contributed by atoms with Crippen molar-refractivity contribution in [2.75, 3.05) is 38.2 Å². The van der Waals surface area contributed by atoms with E-state index >= 15 is 0 Å². The Labute approximate surface area is 195 Å². The molecular weight excluding hydrogens is 416 g/mol. The molecule has 2 saturated heterocycles. The third-order valence-electron chi connectivity index (χ3n) is 7.21. The number of urea groups is 1. The van der Waals surface area contributed by atoms with Crippen LogP contribution in [-0.2, 0) is 6.54 Å². The largest absolute Gasteiger partial charge is 0.497 e. The molecule has 3 fully saturated rings. The number of amides is 3. The van der Waals surface area contributed by atoms with Crippen LogP contribution >= 0.6 is 0 Å². The van der Waals surface area contributed by atoms with Crippen LogP contribution in [0.15, 0.2) is 48.5 Å². The first-order valence-electron chi connectivity index (χ1n) is 11.9. The van der Waals surface area contributed by atoms with E-state index in [2.05, 4.69) is 21.6 Å². The SMILES string of the molecule is COc1ccc(CNC(=O)NC2CC3(C2)CN(C(=O)c2cccc(N4CCCC4)c2)C3)cc1. The second-order valence-corrected chi connectivity index (χ2v) is 9.69. The van der Waals surface area contributed by atoms with E-state index in [0.717, 1.165) is 61.6 Å². The molecule has 3 amide bonds. The summed E-state index contributed by atoms with van der Waals surface area (Å²) in [6.07, 6.45) is 4.31. The van der Waals surface area contributed by atoms with Gasteiger partial charge in [0.05, 0.1) is 7.11 Å². The second kappa shape index (κ2) is 8.96. The summed E-state index contributed by atoms with van der Waals surface area (Å²) in [6.45, 7) is 4.20. The van der Waals surface area contributed by atoms with Crippen molar-refractivity contribution in [3.05, 3.63) is 59.7 Å². The Morgan fingerprint density at radius 2 is 1.79 bits per heavy atom. The van der Waals surface area contributed by atoms with E-state index in [-0.39, 0.29) is 23.4 Å². The zero-order chi connectivity index (χ0) is 22.8. The molecule has 0 radical (unpaired) electrons. The summed E-state index contributed by atoms with van der Waals surface area (Å²) < 4.78 is 5.15. The molecule has 174 valence electrons. The van der Waals surface area contributed by atoms with Crippen LogP contribution in [0.4, 0.5) is 10.5 Å². The van der Waals surface area contributed by atoms with Crippen molar-refractivity contribution >= 4 is 17.6 Å². The van der Waals surface area contributed by atoms with E-state index in [1.54, 1.807) is 7.11 Å². The molecular formula is C26H32N4O3. The summed E-state index contributed by atoms with van der Waals surface area (Å²) in [6, 6.07) is 15.7. The van der Waals surface area contributed by atoms with Crippen LogP contribution in [0, 0.1) is 5.41 Å². The molecule has 0 aromatic heterocycles. The highest BCUT2D eigenvalue weighted by Gasteiger charge is 2.54. The van der Waals surface area contributed by atoms with Crippen molar-refractivity contribution in [2.45, 2.75) is 38.3 Å². The first-order chi connectivity index (χ1) is 16.0. The molecule has 0 atom stereocenters. The molecule has 2 N–H and O–H groups in total. The first-order valence-corrected chi connectivity index (χ1v) is 11.9. The Balaban J connectivity index is 1.05. The fourth-order valence-electron chi connectivity index (χ4n) is 5.41. The Kier molecular flexibility index (Phi) is 5.87. The van der Waals surface area contributed by atoms with Crippen LogP contribution in [0.1, 0.15) is 41.6 Å². The van der Waals surface area contributed by atoms with Gasteiger partial charge in [0.1, 0.15) is 5.75 Å². The molecule has 2 aliphatic heterocycles. The highest BCUT2D eigenvalue weighted by Crippen LogP contribution is 2.48. The number of methoxy groups -OCH3 is 1. The van der Waals surface area contributed by atoms with Crippen LogP contribution in [0.2, 0.25) is 0 Å². The quantitative estimate of drug-likeness (QED) is 0.710. The van der Waals surface area contributed by atoms with Crippen LogP contribution in [0.5, 0.6) is 5.75 Å². The maximum atomic E-state index is 13.0. The summed E-state index contributed by atoms with van der Waals surface area (Å²) in [5, 5.41) is 5.98. The lowest BCUT2D eigenvalue weighted by Gasteiger charge is -2.59. The van der Waals surface area contributed by atoms with Crippen LogP contribution < -0.4 is 20.3 Å². The van der Waals surface area contributed by atoms with Gasteiger partial charge in [-0.05, 0) is 61.6 Å². The zero-order valence-corrected chi connectivity index (χ0v) is 19.2.